The zero-order valence-corrected chi connectivity index (χ0v) is 18.6. The Bertz CT molecular complexity index is 774. The van der Waals surface area contributed by atoms with Crippen molar-refractivity contribution in [3.63, 3.8) is 0 Å². The minimum Gasteiger partial charge on any atom is -0.490 e. The highest BCUT2D eigenvalue weighted by molar-refractivity contribution is 8.01. The molecule has 4 unspecified atom stereocenters. The molecular weight excluding hydrogens is 398 g/mol. The number of ether oxygens (including phenoxy) is 2. The standard InChI is InChI=1S/C23H33N3O3S/c1-14(27)10-15-2-5-19-22(15)23-18(12-21(24)25-13-20(23)30-19)29-17-4-3-16(11-17)26-6-8-28-9-7-26/h12-13,15-17,19-20,22H,2-11,24H2,1H3/t15-,16?,17-,19?,20?,22?/m1/s1. The van der Waals surface area contributed by atoms with Crippen LogP contribution in [-0.4, -0.2) is 65.8 Å². The number of rotatable bonds is 5. The maximum Gasteiger partial charge on any atom is 0.130 e. The van der Waals surface area contributed by atoms with Crippen LogP contribution < -0.4 is 5.73 Å². The highest BCUT2D eigenvalue weighted by atomic mass is 32.2. The zero-order valence-electron chi connectivity index (χ0n) is 17.8. The molecular formula is C23H33N3O3S. The van der Waals surface area contributed by atoms with Crippen LogP contribution in [0.4, 0.5) is 0 Å². The summed E-state index contributed by atoms with van der Waals surface area (Å²) in [6, 6.07) is 0.589. The molecule has 3 aliphatic heterocycles. The molecule has 6 nitrogen and oxygen atoms in total. The van der Waals surface area contributed by atoms with E-state index < -0.39 is 0 Å². The Kier molecular flexibility index (Phi) is 5.95. The Morgan fingerprint density at radius 3 is 2.93 bits per heavy atom. The number of thioether (sulfide) groups is 1. The van der Waals surface area contributed by atoms with Gasteiger partial charge >= 0.3 is 0 Å². The van der Waals surface area contributed by atoms with Gasteiger partial charge in [0.15, 0.2) is 0 Å². The molecule has 0 radical (unpaired) electrons. The summed E-state index contributed by atoms with van der Waals surface area (Å²) in [6.45, 7) is 5.46. The maximum atomic E-state index is 11.9. The molecule has 0 aromatic rings. The van der Waals surface area contributed by atoms with Crippen molar-refractivity contribution < 1.29 is 14.3 Å². The molecule has 7 heteroatoms. The normalized spacial score (nSPS) is 38.9. The van der Waals surface area contributed by atoms with E-state index in [1.807, 2.05) is 24.1 Å². The summed E-state index contributed by atoms with van der Waals surface area (Å²) in [5.41, 5.74) is 7.50. The van der Waals surface area contributed by atoms with Crippen LogP contribution in [0.25, 0.3) is 0 Å². The van der Waals surface area contributed by atoms with E-state index in [1.54, 1.807) is 6.92 Å². The largest absolute Gasteiger partial charge is 0.490 e. The first-order valence-corrected chi connectivity index (χ1v) is 12.4. The SMILES string of the molecule is CC(=O)C[C@H]1CCC2SC3C=NC(N)=CC(O[C@@H]4CCC(N5CCOCC5)C4)=C3C21. The zero-order chi connectivity index (χ0) is 20.7. The van der Waals surface area contributed by atoms with Crippen LogP contribution in [0.1, 0.15) is 45.4 Å². The molecule has 5 aliphatic rings. The van der Waals surface area contributed by atoms with E-state index in [0.717, 1.165) is 51.3 Å². The molecule has 0 aromatic heterocycles. The van der Waals surface area contributed by atoms with E-state index in [-0.39, 0.29) is 11.4 Å². The number of nitrogens with two attached hydrogens (primary N) is 1. The number of nitrogens with zero attached hydrogens (tertiary/aromatic N) is 2. The van der Waals surface area contributed by atoms with Gasteiger partial charge in [-0.15, -0.1) is 11.8 Å². The third-order valence-corrected chi connectivity index (χ3v) is 8.95. The fourth-order valence-corrected chi connectivity index (χ4v) is 7.84. The number of morpholine rings is 1. The van der Waals surface area contributed by atoms with Crippen molar-refractivity contribution >= 4 is 23.8 Å². The highest BCUT2D eigenvalue weighted by Gasteiger charge is 2.49. The van der Waals surface area contributed by atoms with E-state index in [2.05, 4.69) is 9.89 Å². The van der Waals surface area contributed by atoms with Gasteiger partial charge in [0, 0.05) is 49.0 Å². The van der Waals surface area contributed by atoms with Crippen molar-refractivity contribution in [3.8, 4) is 0 Å². The number of carbonyl (C=O) groups is 1. The number of aliphatic imine (C=N–C) groups is 1. The number of hydrogen-bond acceptors (Lipinski definition) is 7. The van der Waals surface area contributed by atoms with E-state index in [1.165, 1.54) is 18.4 Å². The van der Waals surface area contributed by atoms with Crippen molar-refractivity contribution in [2.24, 2.45) is 22.6 Å². The highest BCUT2D eigenvalue weighted by Crippen LogP contribution is 2.55. The smallest absolute Gasteiger partial charge is 0.130 e. The fraction of sp³-hybridized carbons (Fsp3) is 0.739. The van der Waals surface area contributed by atoms with Crippen molar-refractivity contribution in [1.29, 1.82) is 0 Å². The van der Waals surface area contributed by atoms with Crippen LogP contribution in [0.15, 0.2) is 28.2 Å². The lowest BCUT2D eigenvalue weighted by atomic mass is 9.83. The quantitative estimate of drug-likeness (QED) is 0.721. The topological polar surface area (TPSA) is 77.2 Å². The average molecular weight is 432 g/mol. The first-order valence-electron chi connectivity index (χ1n) is 11.5. The lowest BCUT2D eigenvalue weighted by Gasteiger charge is -2.32. The first-order chi connectivity index (χ1) is 14.6. The van der Waals surface area contributed by atoms with Crippen molar-refractivity contribution in [3.05, 3.63) is 23.2 Å². The predicted octanol–water partition coefficient (Wildman–Crippen LogP) is 2.88. The number of allylic oxidation sites excluding steroid dienone is 1. The van der Waals surface area contributed by atoms with Gasteiger partial charge in [0.1, 0.15) is 23.5 Å². The lowest BCUT2D eigenvalue weighted by molar-refractivity contribution is -0.118. The average Bonchev–Trinajstić information content (AvgIpc) is 3.40. The molecule has 2 saturated heterocycles. The van der Waals surface area contributed by atoms with Gasteiger partial charge in [-0.1, -0.05) is 0 Å². The monoisotopic (exact) mass is 431 g/mol. The Hall–Kier alpha value is -1.31. The summed E-state index contributed by atoms with van der Waals surface area (Å²) in [4.78, 5) is 18.9. The molecule has 6 atom stereocenters. The number of hydrogen-bond donors (Lipinski definition) is 1. The molecule has 2 N–H and O–H groups in total. The number of carbonyl (C=O) groups excluding carboxylic acids is 1. The molecule has 0 spiro atoms. The molecule has 30 heavy (non-hydrogen) atoms. The van der Waals surface area contributed by atoms with Crippen LogP contribution in [0.2, 0.25) is 0 Å². The van der Waals surface area contributed by atoms with Gasteiger partial charge in [0.05, 0.1) is 18.5 Å². The van der Waals surface area contributed by atoms with Gasteiger partial charge in [-0.05, 0) is 50.5 Å². The molecule has 0 aromatic carbocycles. The van der Waals surface area contributed by atoms with E-state index in [0.29, 0.717) is 41.2 Å². The minimum atomic E-state index is 0.221. The van der Waals surface area contributed by atoms with E-state index in [9.17, 15) is 4.79 Å². The maximum absolute atomic E-state index is 11.9. The Labute approximate surface area is 183 Å². The molecule has 5 rings (SSSR count). The summed E-state index contributed by atoms with van der Waals surface area (Å²) < 4.78 is 12.2. The molecule has 2 aliphatic carbocycles. The molecule has 164 valence electrons. The summed E-state index contributed by atoms with van der Waals surface area (Å²) in [6.07, 6.45) is 10.5. The van der Waals surface area contributed by atoms with Crippen LogP contribution in [0, 0.1) is 11.8 Å². The Morgan fingerprint density at radius 1 is 1.30 bits per heavy atom. The van der Waals surface area contributed by atoms with Gasteiger partial charge in [-0.25, -0.2) is 4.99 Å². The minimum absolute atomic E-state index is 0.221. The second-order valence-corrected chi connectivity index (χ2v) is 10.8. The van der Waals surface area contributed by atoms with Crippen molar-refractivity contribution in [2.45, 2.75) is 68.1 Å². The summed E-state index contributed by atoms with van der Waals surface area (Å²) in [5.74, 6) is 2.58. The van der Waals surface area contributed by atoms with Crippen molar-refractivity contribution in [2.75, 3.05) is 26.3 Å². The number of ketones is 1. The van der Waals surface area contributed by atoms with Gasteiger partial charge in [-0.2, -0.15) is 0 Å². The van der Waals surface area contributed by atoms with Crippen LogP contribution in [0.5, 0.6) is 0 Å². The predicted molar refractivity (Wildman–Crippen MR) is 119 cm³/mol. The van der Waals surface area contributed by atoms with Gasteiger partial charge in [-0.3, -0.25) is 4.90 Å². The third-order valence-electron chi connectivity index (χ3n) is 7.40. The molecule has 4 fully saturated rings. The second kappa shape index (κ2) is 8.67. The van der Waals surface area contributed by atoms with E-state index >= 15 is 0 Å². The lowest BCUT2D eigenvalue weighted by Crippen LogP contribution is -2.42. The Balaban J connectivity index is 1.37. The molecule has 3 heterocycles. The Morgan fingerprint density at radius 2 is 2.13 bits per heavy atom. The third kappa shape index (κ3) is 4.08. The summed E-state index contributed by atoms with van der Waals surface area (Å²) in [5, 5.41) is 0.787. The summed E-state index contributed by atoms with van der Waals surface area (Å²) in [7, 11) is 0. The van der Waals surface area contributed by atoms with Gasteiger partial charge in [0.2, 0.25) is 0 Å². The van der Waals surface area contributed by atoms with Crippen LogP contribution >= 0.6 is 11.8 Å². The van der Waals surface area contributed by atoms with E-state index in [4.69, 9.17) is 15.2 Å². The molecule has 0 bridgehead atoms. The second-order valence-electron chi connectivity index (χ2n) is 9.39. The fourth-order valence-electron chi connectivity index (χ4n) is 6.11. The van der Waals surface area contributed by atoms with Crippen LogP contribution in [0.3, 0.4) is 0 Å². The molecule has 0 amide bonds. The van der Waals surface area contributed by atoms with Crippen molar-refractivity contribution in [1.82, 2.24) is 4.90 Å². The number of Topliss-reactive ketones (excluding diaryl/α,β-unsaturated/α-hetero) is 1. The summed E-state index contributed by atoms with van der Waals surface area (Å²) >= 11 is 1.99. The van der Waals surface area contributed by atoms with Gasteiger partial charge in [0.25, 0.3) is 0 Å². The van der Waals surface area contributed by atoms with Crippen LogP contribution in [-0.2, 0) is 14.3 Å². The molecule has 2 saturated carbocycles. The first kappa shape index (κ1) is 20.6. The number of fused-ring (bicyclic) bond motifs is 3. The van der Waals surface area contributed by atoms with Gasteiger partial charge < -0.3 is 20.0 Å².